The number of hydrogen-bond donors (Lipinski definition) is 2. The van der Waals surface area contributed by atoms with Crippen LogP contribution in [0.25, 0.3) is 0 Å². The summed E-state index contributed by atoms with van der Waals surface area (Å²) in [7, 11) is 1.63. The van der Waals surface area contributed by atoms with Gasteiger partial charge in [0.2, 0.25) is 5.91 Å². The first-order chi connectivity index (χ1) is 10.4. The van der Waals surface area contributed by atoms with Crippen LogP contribution in [-0.2, 0) is 9.53 Å². The third kappa shape index (κ3) is 5.35. The summed E-state index contributed by atoms with van der Waals surface area (Å²) in [6.45, 7) is 2.39. The van der Waals surface area contributed by atoms with Crippen LogP contribution in [0.5, 0.6) is 0 Å². The fourth-order valence-corrected chi connectivity index (χ4v) is 3.35. The van der Waals surface area contributed by atoms with Crippen molar-refractivity contribution in [2.45, 2.75) is 44.2 Å². The number of methoxy groups -OCH3 is 1. The lowest BCUT2D eigenvalue weighted by Gasteiger charge is -2.37. The Labute approximate surface area is 149 Å². The predicted molar refractivity (Wildman–Crippen MR) is 96.0 cm³/mol. The van der Waals surface area contributed by atoms with Crippen LogP contribution >= 0.6 is 24.0 Å². The third-order valence-electron chi connectivity index (χ3n) is 4.54. The fraction of sp³-hybridized carbons (Fsp3) is 0.588. The molecular formula is C17H26Cl2N2O2. The minimum Gasteiger partial charge on any atom is -0.375 e. The van der Waals surface area contributed by atoms with Crippen molar-refractivity contribution >= 4 is 29.9 Å². The van der Waals surface area contributed by atoms with Gasteiger partial charge in [0.25, 0.3) is 0 Å². The standard InChI is InChI=1S/C17H25ClN2O2.ClH/c1-17(19)9-4-3-8-14(17)16(21)20-11-15(22-2)12-6-5-7-13(18)10-12;/h5-7,10,14-15H,3-4,8-9,11,19H2,1-2H3,(H,20,21);1H. The number of benzene rings is 1. The Bertz CT molecular complexity index is 523. The zero-order valence-corrected chi connectivity index (χ0v) is 15.3. The predicted octanol–water partition coefficient (Wildman–Crippen LogP) is 3.47. The molecule has 3 atom stereocenters. The van der Waals surface area contributed by atoms with Crippen LogP contribution in [0.4, 0.5) is 0 Å². The molecule has 0 heterocycles. The highest BCUT2D eigenvalue weighted by Crippen LogP contribution is 2.31. The maximum absolute atomic E-state index is 12.5. The first-order valence-electron chi connectivity index (χ1n) is 7.79. The molecule has 1 aromatic carbocycles. The molecule has 4 nitrogen and oxygen atoms in total. The van der Waals surface area contributed by atoms with E-state index in [1.165, 1.54) is 0 Å². The van der Waals surface area contributed by atoms with Gasteiger partial charge in [0.1, 0.15) is 0 Å². The smallest absolute Gasteiger partial charge is 0.225 e. The van der Waals surface area contributed by atoms with Crippen molar-refractivity contribution in [3.8, 4) is 0 Å². The minimum atomic E-state index is -0.416. The summed E-state index contributed by atoms with van der Waals surface area (Å²) in [5.74, 6) is -0.105. The van der Waals surface area contributed by atoms with E-state index in [2.05, 4.69) is 5.32 Å². The molecule has 1 aliphatic rings. The highest BCUT2D eigenvalue weighted by Gasteiger charge is 2.37. The maximum atomic E-state index is 12.5. The summed E-state index contributed by atoms with van der Waals surface area (Å²) in [6.07, 6.45) is 3.70. The van der Waals surface area contributed by atoms with Crippen molar-refractivity contribution in [2.75, 3.05) is 13.7 Å². The molecule has 3 unspecified atom stereocenters. The molecule has 2 rings (SSSR count). The molecule has 1 aromatic rings. The minimum absolute atomic E-state index is 0. The number of carbonyl (C=O) groups is 1. The quantitative estimate of drug-likeness (QED) is 0.844. The van der Waals surface area contributed by atoms with Gasteiger partial charge in [0.05, 0.1) is 12.0 Å². The Hall–Kier alpha value is -0.810. The van der Waals surface area contributed by atoms with Crippen molar-refractivity contribution in [1.82, 2.24) is 5.32 Å². The van der Waals surface area contributed by atoms with Crippen LogP contribution in [0.15, 0.2) is 24.3 Å². The summed E-state index contributed by atoms with van der Waals surface area (Å²) < 4.78 is 5.48. The van der Waals surface area contributed by atoms with Gasteiger partial charge in [-0.15, -0.1) is 12.4 Å². The van der Waals surface area contributed by atoms with E-state index in [9.17, 15) is 4.79 Å². The Morgan fingerprint density at radius 1 is 1.52 bits per heavy atom. The van der Waals surface area contributed by atoms with Crippen LogP contribution in [-0.4, -0.2) is 25.1 Å². The number of nitrogens with two attached hydrogens (primary N) is 1. The molecule has 1 saturated carbocycles. The lowest BCUT2D eigenvalue weighted by molar-refractivity contribution is -0.128. The van der Waals surface area contributed by atoms with Gasteiger partial charge in [-0.25, -0.2) is 0 Å². The molecule has 0 saturated heterocycles. The zero-order valence-electron chi connectivity index (χ0n) is 13.7. The molecule has 1 fully saturated rings. The monoisotopic (exact) mass is 360 g/mol. The van der Waals surface area contributed by atoms with E-state index in [-0.39, 0.29) is 30.3 Å². The molecule has 1 aliphatic carbocycles. The molecular weight excluding hydrogens is 335 g/mol. The Morgan fingerprint density at radius 3 is 2.87 bits per heavy atom. The van der Waals surface area contributed by atoms with E-state index in [4.69, 9.17) is 22.1 Å². The molecule has 1 amide bonds. The van der Waals surface area contributed by atoms with Crippen molar-refractivity contribution in [3.63, 3.8) is 0 Å². The fourth-order valence-electron chi connectivity index (χ4n) is 3.15. The molecule has 6 heteroatoms. The van der Waals surface area contributed by atoms with Crippen LogP contribution in [0.1, 0.15) is 44.3 Å². The SMILES string of the molecule is COC(CNC(=O)C1CCCCC1(C)N)c1cccc(Cl)c1.Cl. The molecule has 0 radical (unpaired) electrons. The van der Waals surface area contributed by atoms with Crippen molar-refractivity contribution in [1.29, 1.82) is 0 Å². The van der Waals surface area contributed by atoms with E-state index in [0.29, 0.717) is 11.6 Å². The number of rotatable bonds is 5. The number of carbonyl (C=O) groups excluding carboxylic acids is 1. The zero-order chi connectivity index (χ0) is 16.2. The van der Waals surface area contributed by atoms with Crippen LogP contribution in [0, 0.1) is 5.92 Å². The lowest BCUT2D eigenvalue weighted by atomic mass is 9.74. The van der Waals surface area contributed by atoms with E-state index in [1.807, 2.05) is 31.2 Å². The highest BCUT2D eigenvalue weighted by atomic mass is 35.5. The van der Waals surface area contributed by atoms with Crippen molar-refractivity contribution < 1.29 is 9.53 Å². The van der Waals surface area contributed by atoms with E-state index in [0.717, 1.165) is 31.2 Å². The second kappa shape index (κ2) is 8.88. The molecule has 0 bridgehead atoms. The highest BCUT2D eigenvalue weighted by molar-refractivity contribution is 6.30. The average Bonchev–Trinajstić information content (AvgIpc) is 2.47. The topological polar surface area (TPSA) is 64.3 Å². The second-order valence-electron chi connectivity index (χ2n) is 6.33. The Kier molecular flexibility index (Phi) is 7.81. The molecule has 0 spiro atoms. The number of ether oxygens (including phenoxy) is 1. The van der Waals surface area contributed by atoms with Gasteiger partial charge in [-0.05, 0) is 37.5 Å². The summed E-state index contributed by atoms with van der Waals surface area (Å²) in [4.78, 5) is 12.5. The van der Waals surface area contributed by atoms with Gasteiger partial charge in [-0.3, -0.25) is 4.79 Å². The first kappa shape index (κ1) is 20.2. The van der Waals surface area contributed by atoms with Crippen LogP contribution < -0.4 is 11.1 Å². The van der Waals surface area contributed by atoms with Gasteiger partial charge in [0.15, 0.2) is 0 Å². The maximum Gasteiger partial charge on any atom is 0.225 e. The van der Waals surface area contributed by atoms with Gasteiger partial charge < -0.3 is 15.8 Å². The summed E-state index contributed by atoms with van der Waals surface area (Å²) in [5.41, 5.74) is 6.82. The van der Waals surface area contributed by atoms with Gasteiger partial charge in [-0.2, -0.15) is 0 Å². The molecule has 0 aliphatic heterocycles. The number of nitrogens with one attached hydrogen (secondary N) is 1. The summed E-state index contributed by atoms with van der Waals surface area (Å²) >= 11 is 6.01. The first-order valence-corrected chi connectivity index (χ1v) is 8.16. The van der Waals surface area contributed by atoms with Gasteiger partial charge >= 0.3 is 0 Å². The summed E-state index contributed by atoms with van der Waals surface area (Å²) in [5, 5.41) is 3.65. The van der Waals surface area contributed by atoms with Crippen molar-refractivity contribution in [2.24, 2.45) is 11.7 Å². The molecule has 3 N–H and O–H groups in total. The third-order valence-corrected chi connectivity index (χ3v) is 4.77. The average molecular weight is 361 g/mol. The van der Waals surface area contributed by atoms with E-state index < -0.39 is 5.54 Å². The van der Waals surface area contributed by atoms with Gasteiger partial charge in [0, 0.05) is 24.2 Å². The van der Waals surface area contributed by atoms with Crippen LogP contribution in [0.3, 0.4) is 0 Å². The largest absolute Gasteiger partial charge is 0.375 e. The summed E-state index contributed by atoms with van der Waals surface area (Å²) in [6, 6.07) is 7.50. The van der Waals surface area contributed by atoms with E-state index in [1.54, 1.807) is 7.11 Å². The number of halogens is 2. The van der Waals surface area contributed by atoms with Crippen LogP contribution in [0.2, 0.25) is 5.02 Å². The molecule has 0 aromatic heterocycles. The van der Waals surface area contributed by atoms with Crippen molar-refractivity contribution in [3.05, 3.63) is 34.9 Å². The normalized spacial score (nSPS) is 25.3. The second-order valence-corrected chi connectivity index (χ2v) is 6.77. The Balaban J connectivity index is 0.00000264. The number of hydrogen-bond acceptors (Lipinski definition) is 3. The molecule has 23 heavy (non-hydrogen) atoms. The lowest BCUT2D eigenvalue weighted by Crippen LogP contribution is -2.53. The Morgan fingerprint density at radius 2 is 2.26 bits per heavy atom. The van der Waals surface area contributed by atoms with Gasteiger partial charge in [-0.1, -0.05) is 36.6 Å². The molecule has 130 valence electrons. The number of amides is 1. The van der Waals surface area contributed by atoms with E-state index >= 15 is 0 Å².